The van der Waals surface area contributed by atoms with Gasteiger partial charge in [-0.25, -0.2) is 4.98 Å². The van der Waals surface area contributed by atoms with E-state index in [1.165, 1.54) is 5.56 Å². The van der Waals surface area contributed by atoms with E-state index in [0.29, 0.717) is 22.8 Å². The molecule has 2 aromatic heterocycles. The van der Waals surface area contributed by atoms with Gasteiger partial charge in [0.05, 0.1) is 0 Å². The van der Waals surface area contributed by atoms with Crippen molar-refractivity contribution in [3.8, 4) is 22.8 Å². The zero-order chi connectivity index (χ0) is 15.5. The van der Waals surface area contributed by atoms with Gasteiger partial charge in [0.2, 0.25) is 5.82 Å². The van der Waals surface area contributed by atoms with Gasteiger partial charge < -0.3 is 4.52 Å². The van der Waals surface area contributed by atoms with Crippen molar-refractivity contribution in [3.63, 3.8) is 0 Å². The molecule has 0 bridgehead atoms. The van der Waals surface area contributed by atoms with Crippen molar-refractivity contribution in [3.05, 3.63) is 53.3 Å². The molecule has 0 saturated heterocycles. The number of aromatic nitrogens is 3. The second-order valence-electron chi connectivity index (χ2n) is 5.59. The van der Waals surface area contributed by atoms with Gasteiger partial charge in [0.1, 0.15) is 5.15 Å². The Labute approximate surface area is 134 Å². The molecule has 0 spiro atoms. The lowest BCUT2D eigenvalue weighted by Crippen LogP contribution is -1.93. The van der Waals surface area contributed by atoms with Gasteiger partial charge in [0.15, 0.2) is 0 Å². The van der Waals surface area contributed by atoms with Crippen LogP contribution in [0.4, 0.5) is 0 Å². The van der Waals surface area contributed by atoms with Crippen LogP contribution in [0.2, 0.25) is 5.15 Å². The average molecular weight is 314 g/mol. The largest absolute Gasteiger partial charge is 0.334 e. The highest BCUT2D eigenvalue weighted by molar-refractivity contribution is 6.29. The summed E-state index contributed by atoms with van der Waals surface area (Å²) < 4.78 is 5.33. The molecule has 2 heterocycles. The summed E-state index contributed by atoms with van der Waals surface area (Å²) in [5, 5.41) is 4.43. The monoisotopic (exact) mass is 313 g/mol. The lowest BCUT2D eigenvalue weighted by Gasteiger charge is -2.04. The SMILES string of the molecule is CC(C)Cc1ccc(-c2nc(-c3ccc(Cl)nc3)no2)cc1. The highest BCUT2D eigenvalue weighted by Gasteiger charge is 2.11. The third-order valence-corrected chi connectivity index (χ3v) is 3.48. The van der Waals surface area contributed by atoms with Crippen LogP contribution in [0.5, 0.6) is 0 Å². The molecule has 3 aromatic rings. The summed E-state index contributed by atoms with van der Waals surface area (Å²) in [6.07, 6.45) is 2.69. The molecule has 0 atom stereocenters. The Kier molecular flexibility index (Phi) is 4.20. The molecule has 22 heavy (non-hydrogen) atoms. The molecule has 5 heteroatoms. The van der Waals surface area contributed by atoms with Gasteiger partial charge in [-0.15, -0.1) is 0 Å². The number of pyridine rings is 1. The number of hydrogen-bond donors (Lipinski definition) is 0. The van der Waals surface area contributed by atoms with Crippen LogP contribution in [0.15, 0.2) is 47.1 Å². The maximum absolute atomic E-state index is 5.78. The summed E-state index contributed by atoms with van der Waals surface area (Å²) in [4.78, 5) is 8.43. The fraction of sp³-hybridized carbons (Fsp3) is 0.235. The molecule has 0 aliphatic rings. The minimum atomic E-state index is 0.438. The Bertz CT molecular complexity index is 748. The number of halogens is 1. The van der Waals surface area contributed by atoms with Crippen LogP contribution in [0, 0.1) is 5.92 Å². The van der Waals surface area contributed by atoms with Crippen LogP contribution in [0.3, 0.4) is 0 Å². The lowest BCUT2D eigenvalue weighted by molar-refractivity contribution is 0.432. The fourth-order valence-corrected chi connectivity index (χ4v) is 2.33. The van der Waals surface area contributed by atoms with E-state index in [-0.39, 0.29) is 0 Å². The Morgan fingerprint density at radius 2 is 1.77 bits per heavy atom. The van der Waals surface area contributed by atoms with Crippen molar-refractivity contribution >= 4 is 11.6 Å². The molecule has 112 valence electrons. The van der Waals surface area contributed by atoms with Crippen molar-refractivity contribution in [2.24, 2.45) is 5.92 Å². The molecule has 0 unspecified atom stereocenters. The zero-order valence-electron chi connectivity index (χ0n) is 12.5. The van der Waals surface area contributed by atoms with Crippen molar-refractivity contribution in [1.29, 1.82) is 0 Å². The number of nitrogens with zero attached hydrogens (tertiary/aromatic N) is 3. The second-order valence-corrected chi connectivity index (χ2v) is 5.97. The summed E-state index contributed by atoms with van der Waals surface area (Å²) in [6.45, 7) is 4.41. The molecule has 0 N–H and O–H groups in total. The summed E-state index contributed by atoms with van der Waals surface area (Å²) in [7, 11) is 0. The molecule has 0 amide bonds. The Balaban J connectivity index is 1.82. The van der Waals surface area contributed by atoms with Crippen molar-refractivity contribution < 1.29 is 4.52 Å². The molecule has 0 radical (unpaired) electrons. The first-order chi connectivity index (χ1) is 10.6. The Morgan fingerprint density at radius 3 is 2.41 bits per heavy atom. The first-order valence-electron chi connectivity index (χ1n) is 7.17. The van der Waals surface area contributed by atoms with Crippen molar-refractivity contribution in [2.75, 3.05) is 0 Å². The molecule has 1 aromatic carbocycles. The number of rotatable bonds is 4. The fourth-order valence-electron chi connectivity index (χ4n) is 2.22. The smallest absolute Gasteiger partial charge is 0.258 e. The highest BCUT2D eigenvalue weighted by Crippen LogP contribution is 2.23. The number of hydrogen-bond acceptors (Lipinski definition) is 4. The van der Waals surface area contributed by atoms with Gasteiger partial charge in [-0.3, -0.25) is 0 Å². The molecule has 0 fully saturated rings. The van der Waals surface area contributed by atoms with Crippen LogP contribution in [0.25, 0.3) is 22.8 Å². The first kappa shape index (κ1) is 14.7. The predicted octanol–water partition coefficient (Wildman–Crippen LogP) is 4.65. The quantitative estimate of drug-likeness (QED) is 0.658. The van der Waals surface area contributed by atoms with Crippen LogP contribution < -0.4 is 0 Å². The second kappa shape index (κ2) is 6.28. The third kappa shape index (κ3) is 3.34. The summed E-state index contributed by atoms with van der Waals surface area (Å²) >= 11 is 5.78. The van der Waals surface area contributed by atoms with Gasteiger partial charge in [-0.1, -0.05) is 42.7 Å². The normalized spacial score (nSPS) is 11.1. The van der Waals surface area contributed by atoms with Gasteiger partial charge in [-0.05, 0) is 42.2 Å². The van der Waals surface area contributed by atoms with E-state index in [1.54, 1.807) is 12.3 Å². The molecule has 0 aliphatic carbocycles. The molecule has 0 aliphatic heterocycles. The van der Waals surface area contributed by atoms with E-state index in [9.17, 15) is 0 Å². The van der Waals surface area contributed by atoms with E-state index in [1.807, 2.05) is 18.2 Å². The maximum atomic E-state index is 5.78. The maximum Gasteiger partial charge on any atom is 0.258 e. The van der Waals surface area contributed by atoms with E-state index < -0.39 is 0 Å². The van der Waals surface area contributed by atoms with Crippen molar-refractivity contribution in [2.45, 2.75) is 20.3 Å². The molecule has 4 nitrogen and oxygen atoms in total. The topological polar surface area (TPSA) is 51.8 Å². The van der Waals surface area contributed by atoms with Crippen LogP contribution in [-0.4, -0.2) is 15.1 Å². The van der Waals surface area contributed by atoms with Crippen LogP contribution in [0.1, 0.15) is 19.4 Å². The highest BCUT2D eigenvalue weighted by atomic mass is 35.5. The van der Waals surface area contributed by atoms with E-state index >= 15 is 0 Å². The van der Waals surface area contributed by atoms with E-state index in [0.717, 1.165) is 17.5 Å². The summed E-state index contributed by atoms with van der Waals surface area (Å²) in [5.74, 6) is 1.64. The average Bonchev–Trinajstić information content (AvgIpc) is 2.98. The van der Waals surface area contributed by atoms with Gasteiger partial charge >= 0.3 is 0 Å². The van der Waals surface area contributed by atoms with E-state index in [4.69, 9.17) is 16.1 Å². The molecular weight excluding hydrogens is 298 g/mol. The third-order valence-electron chi connectivity index (χ3n) is 3.26. The molecule has 3 rings (SSSR count). The molecular formula is C17H16ClN3O. The minimum absolute atomic E-state index is 0.438. The van der Waals surface area contributed by atoms with Crippen molar-refractivity contribution in [1.82, 2.24) is 15.1 Å². The van der Waals surface area contributed by atoms with Crippen LogP contribution in [-0.2, 0) is 6.42 Å². The summed E-state index contributed by atoms with van der Waals surface area (Å²) in [6, 6.07) is 11.7. The standard InChI is InChI=1S/C17H16ClN3O/c1-11(2)9-12-3-5-13(6-4-12)17-20-16(21-22-17)14-7-8-15(18)19-10-14/h3-8,10-11H,9H2,1-2H3. The first-order valence-corrected chi connectivity index (χ1v) is 7.54. The zero-order valence-corrected chi connectivity index (χ0v) is 13.2. The lowest BCUT2D eigenvalue weighted by atomic mass is 10.0. The van der Waals surface area contributed by atoms with Gasteiger partial charge in [0.25, 0.3) is 5.89 Å². The molecule has 0 saturated carbocycles. The minimum Gasteiger partial charge on any atom is -0.334 e. The number of benzene rings is 1. The van der Waals surface area contributed by atoms with Crippen LogP contribution >= 0.6 is 11.6 Å². The van der Waals surface area contributed by atoms with Gasteiger partial charge in [-0.2, -0.15) is 4.98 Å². The summed E-state index contributed by atoms with van der Waals surface area (Å²) in [5.41, 5.74) is 2.99. The van der Waals surface area contributed by atoms with Gasteiger partial charge in [0, 0.05) is 17.3 Å². The Hall–Kier alpha value is -2.20. The van der Waals surface area contributed by atoms with E-state index in [2.05, 4.69) is 41.1 Å². The Morgan fingerprint density at radius 1 is 1.05 bits per heavy atom. The predicted molar refractivity (Wildman–Crippen MR) is 86.5 cm³/mol.